The van der Waals surface area contributed by atoms with Crippen molar-refractivity contribution >= 4 is 28.7 Å². The van der Waals surface area contributed by atoms with E-state index in [1.807, 2.05) is 12.1 Å². The molecule has 2 heterocycles. The predicted octanol–water partition coefficient (Wildman–Crippen LogP) is 4.43. The van der Waals surface area contributed by atoms with Crippen LogP contribution in [-0.4, -0.2) is 73.0 Å². The minimum Gasteiger partial charge on any atom is -0.496 e. The van der Waals surface area contributed by atoms with E-state index in [0.717, 1.165) is 11.1 Å². The fourth-order valence-corrected chi connectivity index (χ4v) is 5.76. The average molecular weight is 607 g/mol. The van der Waals surface area contributed by atoms with Crippen molar-refractivity contribution < 1.29 is 37.1 Å². The van der Waals surface area contributed by atoms with Crippen LogP contribution in [0.5, 0.6) is 5.75 Å². The second-order valence-corrected chi connectivity index (χ2v) is 11.7. The number of rotatable bonds is 7. The summed E-state index contributed by atoms with van der Waals surface area (Å²) in [5, 5.41) is 15.4. The molecule has 2 aliphatic carbocycles. The number of nitrogens with one attached hydrogen (secondary N) is 2. The Labute approximate surface area is 252 Å². The zero-order chi connectivity index (χ0) is 31.1. The van der Waals surface area contributed by atoms with Crippen LogP contribution in [0.4, 0.5) is 8.78 Å². The van der Waals surface area contributed by atoms with Gasteiger partial charge in [0, 0.05) is 31.3 Å². The number of furan rings is 1. The van der Waals surface area contributed by atoms with Crippen LogP contribution in [0.15, 0.2) is 46.9 Å². The summed E-state index contributed by atoms with van der Waals surface area (Å²) < 4.78 is 44.9. The van der Waals surface area contributed by atoms with E-state index in [1.54, 1.807) is 29.2 Å². The van der Waals surface area contributed by atoms with Crippen molar-refractivity contribution in [2.45, 2.75) is 55.5 Å². The zero-order valence-corrected chi connectivity index (χ0v) is 24.2. The molecule has 1 aromatic heterocycles. The number of carbonyl (C=O) groups is 3. The Kier molecular flexibility index (Phi) is 7.53. The number of nitriles is 1. The van der Waals surface area contributed by atoms with E-state index in [9.17, 15) is 28.4 Å². The third-order valence-electron chi connectivity index (χ3n) is 8.75. The fraction of sp³-hybridized carbons (Fsp3) is 0.438. The summed E-state index contributed by atoms with van der Waals surface area (Å²) >= 11 is 0. The Morgan fingerprint density at radius 2 is 1.61 bits per heavy atom. The molecule has 12 heteroatoms. The SMILES string of the molecule is COc1cc(-c2ccc3cc(C(=O)NC4(C(=O)NC5(C#N)CC5)CCC(F)(F)CC4)oc3c2)ccc1C(=O)N1CCOCC1. The molecule has 3 aliphatic rings. The van der Waals surface area contributed by atoms with Gasteiger partial charge in [-0.1, -0.05) is 18.2 Å². The normalized spacial score (nSPS) is 19.9. The predicted molar refractivity (Wildman–Crippen MR) is 154 cm³/mol. The molecule has 2 N–H and O–H groups in total. The van der Waals surface area contributed by atoms with Gasteiger partial charge in [0.1, 0.15) is 22.4 Å². The number of benzene rings is 2. The highest BCUT2D eigenvalue weighted by atomic mass is 19.3. The largest absolute Gasteiger partial charge is 0.496 e. The van der Waals surface area contributed by atoms with Crippen LogP contribution in [0, 0.1) is 11.3 Å². The number of amides is 3. The van der Waals surface area contributed by atoms with Crippen molar-refractivity contribution in [2.75, 3.05) is 33.4 Å². The molecule has 230 valence electrons. The van der Waals surface area contributed by atoms with Gasteiger partial charge in [-0.15, -0.1) is 0 Å². The molecule has 6 rings (SSSR count). The summed E-state index contributed by atoms with van der Waals surface area (Å²) in [6.45, 7) is 1.99. The number of hydrogen-bond acceptors (Lipinski definition) is 7. The van der Waals surface area contributed by atoms with Gasteiger partial charge in [-0.3, -0.25) is 14.4 Å². The molecule has 0 bridgehead atoms. The first-order chi connectivity index (χ1) is 21.1. The highest BCUT2D eigenvalue weighted by Gasteiger charge is 2.53. The molecule has 0 radical (unpaired) electrons. The number of ether oxygens (including phenoxy) is 2. The third-order valence-corrected chi connectivity index (χ3v) is 8.75. The minimum absolute atomic E-state index is 0.0767. The lowest BCUT2D eigenvalue weighted by atomic mass is 9.78. The first-order valence-corrected chi connectivity index (χ1v) is 14.6. The van der Waals surface area contributed by atoms with Crippen LogP contribution in [0.2, 0.25) is 0 Å². The molecule has 3 aromatic rings. The average Bonchev–Trinajstić information content (AvgIpc) is 3.68. The van der Waals surface area contributed by atoms with Gasteiger partial charge in [0.25, 0.3) is 11.8 Å². The summed E-state index contributed by atoms with van der Waals surface area (Å²) in [4.78, 5) is 41.5. The molecule has 1 saturated heterocycles. The quantitative estimate of drug-likeness (QED) is 0.407. The smallest absolute Gasteiger partial charge is 0.287 e. The molecule has 3 amide bonds. The molecule has 1 aliphatic heterocycles. The number of halogens is 2. The van der Waals surface area contributed by atoms with E-state index in [4.69, 9.17) is 13.9 Å². The standard InChI is InChI=1S/C32H32F2N4O6/c1-42-25-17-21(4-5-23(25)28(40)38-12-14-43-15-13-38)20-2-3-22-18-26(44-24(22)16-20)27(39)36-31(8-10-32(33,34)11-9-31)29(41)37-30(19-35)6-7-30/h2-5,16-18H,6-15H2,1H3,(H,36,39)(H,37,41). The molecule has 2 saturated carbocycles. The summed E-state index contributed by atoms with van der Waals surface area (Å²) in [7, 11) is 1.50. The molecular weight excluding hydrogens is 574 g/mol. The number of carbonyl (C=O) groups excluding carboxylic acids is 3. The minimum atomic E-state index is -2.94. The van der Waals surface area contributed by atoms with Gasteiger partial charge in [-0.2, -0.15) is 5.26 Å². The fourth-order valence-electron chi connectivity index (χ4n) is 5.76. The Morgan fingerprint density at radius 3 is 2.27 bits per heavy atom. The van der Waals surface area contributed by atoms with Crippen LogP contribution in [-0.2, 0) is 9.53 Å². The van der Waals surface area contributed by atoms with Crippen LogP contribution >= 0.6 is 0 Å². The van der Waals surface area contributed by atoms with Gasteiger partial charge in [0.2, 0.25) is 11.8 Å². The number of hydrogen-bond donors (Lipinski definition) is 2. The van der Waals surface area contributed by atoms with E-state index in [1.165, 1.54) is 13.2 Å². The van der Waals surface area contributed by atoms with Crippen molar-refractivity contribution in [1.82, 2.24) is 15.5 Å². The first kappa shape index (κ1) is 29.6. The van der Waals surface area contributed by atoms with E-state index in [2.05, 4.69) is 16.7 Å². The highest BCUT2D eigenvalue weighted by molar-refractivity contribution is 6.01. The van der Waals surface area contributed by atoms with Gasteiger partial charge in [-0.05, 0) is 61.1 Å². The maximum absolute atomic E-state index is 14.1. The van der Waals surface area contributed by atoms with E-state index >= 15 is 0 Å². The molecule has 0 atom stereocenters. The number of fused-ring (bicyclic) bond motifs is 1. The number of nitrogens with zero attached hydrogens (tertiary/aromatic N) is 2. The van der Waals surface area contributed by atoms with Gasteiger partial charge >= 0.3 is 0 Å². The number of alkyl halides is 2. The van der Waals surface area contributed by atoms with Crippen molar-refractivity contribution in [2.24, 2.45) is 0 Å². The third kappa shape index (κ3) is 5.71. The molecule has 3 fully saturated rings. The molecule has 44 heavy (non-hydrogen) atoms. The highest BCUT2D eigenvalue weighted by Crippen LogP contribution is 2.41. The molecule has 0 unspecified atom stereocenters. The molecule has 2 aromatic carbocycles. The molecule has 0 spiro atoms. The Morgan fingerprint density at radius 1 is 0.932 bits per heavy atom. The van der Waals surface area contributed by atoms with E-state index in [-0.39, 0.29) is 24.5 Å². The van der Waals surface area contributed by atoms with Crippen LogP contribution in [0.1, 0.15) is 59.4 Å². The molecular formula is C32H32F2N4O6. The van der Waals surface area contributed by atoms with Crippen molar-refractivity contribution in [1.29, 1.82) is 5.26 Å². The van der Waals surface area contributed by atoms with Crippen molar-refractivity contribution in [3.63, 3.8) is 0 Å². The van der Waals surface area contributed by atoms with E-state index in [0.29, 0.717) is 61.4 Å². The van der Waals surface area contributed by atoms with Gasteiger partial charge in [0.15, 0.2) is 5.76 Å². The maximum Gasteiger partial charge on any atom is 0.287 e. The lowest BCUT2D eigenvalue weighted by Gasteiger charge is -2.39. The summed E-state index contributed by atoms with van der Waals surface area (Å²) in [5.74, 6) is -4.08. The summed E-state index contributed by atoms with van der Waals surface area (Å²) in [5.41, 5.74) is -0.255. The van der Waals surface area contributed by atoms with Crippen LogP contribution < -0.4 is 15.4 Å². The Balaban J connectivity index is 1.23. The zero-order valence-electron chi connectivity index (χ0n) is 24.2. The van der Waals surface area contributed by atoms with Gasteiger partial charge < -0.3 is 29.4 Å². The van der Waals surface area contributed by atoms with Crippen molar-refractivity contribution in [3.05, 3.63) is 53.8 Å². The lowest BCUT2D eigenvalue weighted by molar-refractivity contribution is -0.133. The first-order valence-electron chi connectivity index (χ1n) is 14.6. The Bertz CT molecular complexity index is 1660. The van der Waals surface area contributed by atoms with Gasteiger partial charge in [-0.25, -0.2) is 8.78 Å². The number of morpholine rings is 1. The topological polar surface area (TPSA) is 134 Å². The number of methoxy groups -OCH3 is 1. The van der Waals surface area contributed by atoms with Crippen molar-refractivity contribution in [3.8, 4) is 22.9 Å². The summed E-state index contributed by atoms with van der Waals surface area (Å²) in [6.07, 6.45) is -0.723. The monoisotopic (exact) mass is 606 g/mol. The summed E-state index contributed by atoms with van der Waals surface area (Å²) in [6, 6.07) is 14.2. The Hall–Kier alpha value is -4.50. The van der Waals surface area contributed by atoms with Crippen LogP contribution in [0.3, 0.4) is 0 Å². The van der Waals surface area contributed by atoms with Crippen LogP contribution in [0.25, 0.3) is 22.1 Å². The lowest BCUT2D eigenvalue weighted by Crippen LogP contribution is -2.62. The second-order valence-electron chi connectivity index (χ2n) is 11.7. The van der Waals surface area contributed by atoms with E-state index < -0.39 is 41.7 Å². The molecule has 10 nitrogen and oxygen atoms in total. The van der Waals surface area contributed by atoms with Gasteiger partial charge in [0.05, 0.1) is 32.0 Å². The maximum atomic E-state index is 14.1. The second kappa shape index (κ2) is 11.2.